The van der Waals surface area contributed by atoms with E-state index in [9.17, 15) is 5.26 Å². The van der Waals surface area contributed by atoms with Crippen LogP contribution in [0.2, 0.25) is 0 Å². The Hall–Kier alpha value is -2.97. The molecular weight excluding hydrogens is 304 g/mol. The summed E-state index contributed by atoms with van der Waals surface area (Å²) in [5, 5.41) is 9.55. The van der Waals surface area contributed by atoms with Gasteiger partial charge in [0.15, 0.2) is 0 Å². The number of nitrogen functional groups attached to an aromatic ring is 1. The van der Waals surface area contributed by atoms with Gasteiger partial charge in [0.1, 0.15) is 17.5 Å². The third-order valence-corrected chi connectivity index (χ3v) is 3.86. The number of rotatable bonds is 2. The summed E-state index contributed by atoms with van der Waals surface area (Å²) in [5.74, 6) is 0.301. The van der Waals surface area contributed by atoms with Crippen molar-refractivity contribution in [2.24, 2.45) is 0 Å². The molecule has 0 aliphatic heterocycles. The number of nitrogens with zero attached hydrogens (tertiary/aromatic N) is 3. The smallest absolute Gasteiger partial charge is 0.206 e. The molecule has 112 valence electrons. The predicted molar refractivity (Wildman–Crippen MR) is 93.7 cm³/mol. The molecule has 0 aliphatic rings. The van der Waals surface area contributed by atoms with E-state index in [0.717, 1.165) is 16.8 Å². The summed E-state index contributed by atoms with van der Waals surface area (Å²) < 4.78 is 1.95. The van der Waals surface area contributed by atoms with Crippen molar-refractivity contribution in [3.05, 3.63) is 70.5 Å². The molecule has 0 fully saturated rings. The molecule has 0 unspecified atom stereocenters. The zero-order chi connectivity index (χ0) is 16.4. The van der Waals surface area contributed by atoms with E-state index in [4.69, 9.17) is 18.0 Å². The van der Waals surface area contributed by atoms with Crippen molar-refractivity contribution >= 4 is 18.0 Å². The Morgan fingerprint density at radius 1 is 1.09 bits per heavy atom. The molecular formula is C18H14N4S. The number of aryl methyl sites for hydroxylation is 1. The molecule has 0 amide bonds. The van der Waals surface area contributed by atoms with Gasteiger partial charge in [-0.3, -0.25) is 4.57 Å². The first-order chi connectivity index (χ1) is 11.1. The number of aromatic nitrogens is 2. The Labute approximate surface area is 139 Å². The van der Waals surface area contributed by atoms with Gasteiger partial charge >= 0.3 is 0 Å². The molecule has 3 aromatic rings. The molecule has 0 atom stereocenters. The Bertz CT molecular complexity index is 951. The van der Waals surface area contributed by atoms with Crippen molar-refractivity contribution in [2.45, 2.75) is 6.92 Å². The molecule has 1 heterocycles. The van der Waals surface area contributed by atoms with Gasteiger partial charge in [0.25, 0.3) is 0 Å². The lowest BCUT2D eigenvalue weighted by molar-refractivity contribution is 0.966. The van der Waals surface area contributed by atoms with Crippen LogP contribution in [0.1, 0.15) is 11.1 Å². The summed E-state index contributed by atoms with van der Waals surface area (Å²) in [5.41, 5.74) is 9.82. The van der Waals surface area contributed by atoms with Crippen LogP contribution in [0.4, 0.5) is 5.82 Å². The number of nitrogens with two attached hydrogens (primary N) is 1. The van der Waals surface area contributed by atoms with Crippen molar-refractivity contribution in [2.75, 3.05) is 5.73 Å². The Balaban J connectivity index is 2.28. The maximum absolute atomic E-state index is 9.55. The fourth-order valence-electron chi connectivity index (χ4n) is 2.40. The summed E-state index contributed by atoms with van der Waals surface area (Å²) >= 11 is 5.41. The van der Waals surface area contributed by atoms with Crippen LogP contribution < -0.4 is 5.73 Å². The van der Waals surface area contributed by atoms with Crippen LogP contribution in [-0.2, 0) is 0 Å². The summed E-state index contributed by atoms with van der Waals surface area (Å²) in [6.45, 7) is 2.00. The zero-order valence-electron chi connectivity index (χ0n) is 12.5. The normalized spacial score (nSPS) is 10.3. The predicted octanol–water partition coefficient (Wildman–Crippen LogP) is 4.03. The highest BCUT2D eigenvalue weighted by Crippen LogP contribution is 2.27. The number of hydrogen-bond donors (Lipinski definition) is 1. The molecule has 0 aliphatic carbocycles. The number of hydrogen-bond acceptors (Lipinski definition) is 4. The van der Waals surface area contributed by atoms with E-state index in [0.29, 0.717) is 21.8 Å². The van der Waals surface area contributed by atoms with Crippen LogP contribution in [-0.4, -0.2) is 9.55 Å². The van der Waals surface area contributed by atoms with Gasteiger partial charge in [-0.15, -0.1) is 0 Å². The van der Waals surface area contributed by atoms with Crippen LogP contribution >= 0.6 is 12.2 Å². The number of nitriles is 1. The lowest BCUT2D eigenvalue weighted by Crippen LogP contribution is -2.10. The number of benzene rings is 2. The maximum Gasteiger partial charge on any atom is 0.206 e. The van der Waals surface area contributed by atoms with Crippen LogP contribution in [0, 0.1) is 23.0 Å². The fraction of sp³-hybridized carbons (Fsp3) is 0.0556. The fourth-order valence-corrected chi connectivity index (χ4v) is 2.69. The highest BCUT2D eigenvalue weighted by atomic mass is 32.1. The van der Waals surface area contributed by atoms with E-state index < -0.39 is 0 Å². The van der Waals surface area contributed by atoms with E-state index in [-0.39, 0.29) is 0 Å². The van der Waals surface area contributed by atoms with Gasteiger partial charge in [0.05, 0.1) is 5.69 Å². The van der Waals surface area contributed by atoms with Gasteiger partial charge in [0.2, 0.25) is 4.77 Å². The molecule has 1 aromatic heterocycles. The Morgan fingerprint density at radius 2 is 1.74 bits per heavy atom. The molecule has 5 heteroatoms. The standard InChI is InChI=1S/C18H14N4S/c1-12-7-9-14(10-8-12)22-17(20)15(11-19)16(21-18(22)23)13-5-3-2-4-6-13/h2-10H,20H2,1H3. The molecule has 0 radical (unpaired) electrons. The van der Waals surface area contributed by atoms with Crippen LogP contribution in [0.25, 0.3) is 16.9 Å². The first-order valence-electron chi connectivity index (χ1n) is 7.07. The van der Waals surface area contributed by atoms with E-state index in [1.54, 1.807) is 4.57 Å². The topological polar surface area (TPSA) is 67.6 Å². The van der Waals surface area contributed by atoms with E-state index >= 15 is 0 Å². The number of anilines is 1. The van der Waals surface area contributed by atoms with Crippen LogP contribution in [0.5, 0.6) is 0 Å². The molecule has 3 rings (SSSR count). The molecule has 4 nitrogen and oxygen atoms in total. The second-order valence-corrected chi connectivity index (χ2v) is 5.52. The third kappa shape index (κ3) is 2.72. The highest BCUT2D eigenvalue weighted by Gasteiger charge is 2.15. The van der Waals surface area contributed by atoms with Gasteiger partial charge in [-0.1, -0.05) is 48.0 Å². The van der Waals surface area contributed by atoms with Crippen molar-refractivity contribution < 1.29 is 0 Å². The maximum atomic E-state index is 9.55. The van der Waals surface area contributed by atoms with Gasteiger partial charge in [-0.25, -0.2) is 4.98 Å². The molecule has 0 saturated carbocycles. The summed E-state index contributed by atoms with van der Waals surface area (Å²) in [4.78, 5) is 4.45. The average Bonchev–Trinajstić information content (AvgIpc) is 2.57. The molecule has 23 heavy (non-hydrogen) atoms. The quantitative estimate of drug-likeness (QED) is 0.724. The minimum atomic E-state index is 0.301. The molecule has 2 N–H and O–H groups in total. The first kappa shape index (κ1) is 14.9. The second-order valence-electron chi connectivity index (χ2n) is 5.15. The van der Waals surface area contributed by atoms with Crippen molar-refractivity contribution in [1.29, 1.82) is 5.26 Å². The lowest BCUT2D eigenvalue weighted by Gasteiger charge is -2.14. The highest BCUT2D eigenvalue weighted by molar-refractivity contribution is 7.71. The molecule has 0 saturated heterocycles. The zero-order valence-corrected chi connectivity index (χ0v) is 13.3. The summed E-state index contributed by atoms with van der Waals surface area (Å²) in [6, 6.07) is 19.4. The van der Waals surface area contributed by atoms with Gasteiger partial charge in [-0.2, -0.15) is 5.26 Å². The lowest BCUT2D eigenvalue weighted by atomic mass is 10.1. The largest absolute Gasteiger partial charge is 0.384 e. The van der Waals surface area contributed by atoms with Crippen LogP contribution in [0.15, 0.2) is 54.6 Å². The van der Waals surface area contributed by atoms with Crippen molar-refractivity contribution in [1.82, 2.24) is 9.55 Å². The minimum absolute atomic E-state index is 0.301. The summed E-state index contributed by atoms with van der Waals surface area (Å²) in [7, 11) is 0. The van der Waals surface area contributed by atoms with Gasteiger partial charge < -0.3 is 5.73 Å². The van der Waals surface area contributed by atoms with Crippen molar-refractivity contribution in [3.63, 3.8) is 0 Å². The van der Waals surface area contributed by atoms with Crippen LogP contribution in [0.3, 0.4) is 0 Å². The Kier molecular flexibility index (Phi) is 3.92. The van der Waals surface area contributed by atoms with E-state index in [2.05, 4.69) is 11.1 Å². The van der Waals surface area contributed by atoms with E-state index in [1.165, 1.54) is 0 Å². The first-order valence-corrected chi connectivity index (χ1v) is 7.47. The minimum Gasteiger partial charge on any atom is -0.384 e. The average molecular weight is 318 g/mol. The summed E-state index contributed by atoms with van der Waals surface area (Å²) in [6.07, 6.45) is 0. The van der Waals surface area contributed by atoms with Crippen molar-refractivity contribution in [3.8, 4) is 23.0 Å². The second kappa shape index (κ2) is 6.03. The molecule has 0 spiro atoms. The molecule has 2 aromatic carbocycles. The third-order valence-electron chi connectivity index (χ3n) is 3.58. The van der Waals surface area contributed by atoms with E-state index in [1.807, 2.05) is 61.5 Å². The monoisotopic (exact) mass is 318 g/mol. The van der Waals surface area contributed by atoms with Gasteiger partial charge in [-0.05, 0) is 31.3 Å². The molecule has 0 bridgehead atoms. The van der Waals surface area contributed by atoms with Gasteiger partial charge in [0, 0.05) is 11.3 Å². The Morgan fingerprint density at radius 3 is 2.35 bits per heavy atom. The SMILES string of the molecule is Cc1ccc(-n2c(N)c(C#N)c(-c3ccccc3)nc2=S)cc1.